The van der Waals surface area contributed by atoms with Crippen LogP contribution in [0.3, 0.4) is 0 Å². The topological polar surface area (TPSA) is 89.8 Å². The Morgan fingerprint density at radius 3 is 2.32 bits per heavy atom. The fourth-order valence-electron chi connectivity index (χ4n) is 2.69. The molecule has 0 fully saturated rings. The largest absolute Gasteiger partial charge is 0.416 e. The quantitative estimate of drug-likeness (QED) is 0.696. The Balaban J connectivity index is 2.04. The smallest absolute Gasteiger partial charge is 0.229 e. The number of nitrogens with zero attached hydrogens (tertiary/aromatic N) is 4. The molecular weight excluding hydrogens is 395 g/mol. The minimum Gasteiger partial charge on any atom is -0.229 e. The van der Waals surface area contributed by atoms with Gasteiger partial charge in [-0.2, -0.15) is 13.2 Å². The number of hydrogen-bond donors (Lipinski definition) is 1. The maximum atomic E-state index is 12.7. The van der Waals surface area contributed by atoms with Gasteiger partial charge in [0.15, 0.2) is 5.82 Å². The molecule has 0 saturated heterocycles. The van der Waals surface area contributed by atoms with E-state index in [0.717, 1.165) is 12.1 Å². The van der Waals surface area contributed by atoms with E-state index in [-0.39, 0.29) is 11.3 Å². The summed E-state index contributed by atoms with van der Waals surface area (Å²) >= 11 is 0. The molecule has 1 N–H and O–H groups in total. The van der Waals surface area contributed by atoms with E-state index < -0.39 is 21.8 Å². The van der Waals surface area contributed by atoms with Crippen LogP contribution in [0.4, 0.5) is 13.2 Å². The third-order valence-corrected chi connectivity index (χ3v) is 5.61. The van der Waals surface area contributed by atoms with E-state index in [2.05, 4.69) is 20.2 Å². The first kappa shape index (κ1) is 20.0. The fourth-order valence-corrected chi connectivity index (χ4v) is 3.45. The molecular formula is C17H16F3N5O2S. The summed E-state index contributed by atoms with van der Waals surface area (Å²) in [5.41, 5.74) is 1.05. The summed E-state index contributed by atoms with van der Waals surface area (Å²) in [7, 11) is -0.781. The first-order chi connectivity index (χ1) is 13.1. The van der Waals surface area contributed by atoms with Gasteiger partial charge in [-0.1, -0.05) is 18.2 Å². The number of halogens is 3. The minimum atomic E-state index is -4.41. The van der Waals surface area contributed by atoms with Crippen LogP contribution in [0.15, 0.2) is 47.4 Å². The van der Waals surface area contributed by atoms with Crippen molar-refractivity contribution in [1.82, 2.24) is 24.9 Å². The van der Waals surface area contributed by atoms with Gasteiger partial charge in [-0.05, 0) is 59.3 Å². The van der Waals surface area contributed by atoms with Crippen LogP contribution in [-0.4, -0.2) is 35.7 Å². The van der Waals surface area contributed by atoms with Crippen molar-refractivity contribution in [3.63, 3.8) is 0 Å². The van der Waals surface area contributed by atoms with Gasteiger partial charge in [0, 0.05) is 12.6 Å². The SMILES string of the molecule is CNS(=O)(=O)c1ccc(Cc2ccc(C(F)(F)F)cc2)c(-c2nnnn2C)c1. The molecule has 0 amide bonds. The number of alkyl halides is 3. The van der Waals surface area contributed by atoms with Crippen molar-refractivity contribution in [3.05, 3.63) is 59.2 Å². The van der Waals surface area contributed by atoms with Gasteiger partial charge >= 0.3 is 6.18 Å². The summed E-state index contributed by atoms with van der Waals surface area (Å²) in [5, 5.41) is 11.2. The summed E-state index contributed by atoms with van der Waals surface area (Å²) in [4.78, 5) is 0.0316. The predicted octanol–water partition coefficient (Wildman–Crippen LogP) is 2.39. The molecule has 28 heavy (non-hydrogen) atoms. The van der Waals surface area contributed by atoms with Gasteiger partial charge in [0.05, 0.1) is 10.5 Å². The lowest BCUT2D eigenvalue weighted by Crippen LogP contribution is -2.18. The van der Waals surface area contributed by atoms with E-state index in [1.807, 2.05) is 0 Å². The van der Waals surface area contributed by atoms with E-state index >= 15 is 0 Å². The summed E-state index contributed by atoms with van der Waals surface area (Å²) in [6.45, 7) is 0. The van der Waals surface area contributed by atoms with E-state index in [4.69, 9.17) is 0 Å². The van der Waals surface area contributed by atoms with Gasteiger partial charge in [0.2, 0.25) is 10.0 Å². The lowest BCUT2D eigenvalue weighted by molar-refractivity contribution is -0.137. The van der Waals surface area contributed by atoms with Crippen LogP contribution in [-0.2, 0) is 29.7 Å². The number of hydrogen-bond acceptors (Lipinski definition) is 5. The fraction of sp³-hybridized carbons (Fsp3) is 0.235. The highest BCUT2D eigenvalue weighted by Crippen LogP contribution is 2.30. The molecule has 7 nitrogen and oxygen atoms in total. The van der Waals surface area contributed by atoms with Crippen molar-refractivity contribution in [2.45, 2.75) is 17.5 Å². The van der Waals surface area contributed by atoms with Gasteiger partial charge in [-0.3, -0.25) is 0 Å². The highest BCUT2D eigenvalue weighted by Gasteiger charge is 2.30. The molecule has 0 unspecified atom stereocenters. The first-order valence-electron chi connectivity index (χ1n) is 8.07. The second-order valence-electron chi connectivity index (χ2n) is 6.02. The number of benzene rings is 2. The van der Waals surface area contributed by atoms with E-state index in [1.54, 1.807) is 13.1 Å². The Kier molecular flexibility index (Phi) is 5.22. The Labute approximate surface area is 159 Å². The van der Waals surface area contributed by atoms with Crippen LogP contribution in [0.2, 0.25) is 0 Å². The molecule has 1 heterocycles. The van der Waals surface area contributed by atoms with Crippen LogP contribution in [0.1, 0.15) is 16.7 Å². The van der Waals surface area contributed by atoms with Crippen molar-refractivity contribution in [3.8, 4) is 11.4 Å². The third kappa shape index (κ3) is 4.04. The average molecular weight is 411 g/mol. The Morgan fingerprint density at radius 2 is 1.79 bits per heavy atom. The molecule has 148 valence electrons. The minimum absolute atomic E-state index is 0.0316. The monoisotopic (exact) mass is 411 g/mol. The highest BCUT2D eigenvalue weighted by atomic mass is 32.2. The van der Waals surface area contributed by atoms with E-state index in [9.17, 15) is 21.6 Å². The van der Waals surface area contributed by atoms with E-state index in [1.165, 1.54) is 36.0 Å². The molecule has 0 aliphatic heterocycles. The lowest BCUT2D eigenvalue weighted by Gasteiger charge is -2.12. The molecule has 3 aromatic rings. The van der Waals surface area contributed by atoms with Gasteiger partial charge < -0.3 is 0 Å². The molecule has 0 bridgehead atoms. The number of nitrogens with one attached hydrogen (secondary N) is 1. The van der Waals surface area contributed by atoms with Crippen molar-refractivity contribution < 1.29 is 21.6 Å². The Morgan fingerprint density at radius 1 is 1.11 bits per heavy atom. The summed E-state index contributed by atoms with van der Waals surface area (Å²) < 4.78 is 66.1. The molecule has 1 aromatic heterocycles. The number of rotatable bonds is 5. The van der Waals surface area contributed by atoms with Crippen LogP contribution < -0.4 is 4.72 Å². The summed E-state index contributed by atoms with van der Waals surface area (Å²) in [5.74, 6) is 0.343. The van der Waals surface area contributed by atoms with Crippen LogP contribution >= 0.6 is 0 Å². The molecule has 0 spiro atoms. The Bertz CT molecular complexity index is 1090. The normalized spacial score (nSPS) is 12.3. The second-order valence-corrected chi connectivity index (χ2v) is 7.91. The summed E-state index contributed by atoms with van der Waals surface area (Å²) in [6, 6.07) is 9.28. The van der Waals surface area contributed by atoms with Crippen molar-refractivity contribution in [2.75, 3.05) is 7.05 Å². The molecule has 3 rings (SSSR count). The molecule has 11 heteroatoms. The molecule has 0 radical (unpaired) electrons. The van der Waals surface area contributed by atoms with Crippen LogP contribution in [0.25, 0.3) is 11.4 Å². The third-order valence-electron chi connectivity index (χ3n) is 4.20. The number of tetrazole rings is 1. The van der Waals surface area contributed by atoms with Crippen molar-refractivity contribution in [1.29, 1.82) is 0 Å². The second kappa shape index (κ2) is 7.32. The standard InChI is InChI=1S/C17H16F3N5O2S/c1-21-28(26,27)14-8-5-12(15(10-14)16-22-23-24-25(16)2)9-11-3-6-13(7-4-11)17(18,19)20/h3-8,10,21H,9H2,1-2H3. The van der Waals surface area contributed by atoms with Gasteiger partial charge in [0.1, 0.15) is 0 Å². The van der Waals surface area contributed by atoms with Gasteiger partial charge in [-0.25, -0.2) is 17.8 Å². The zero-order chi connectivity index (χ0) is 20.5. The molecule has 0 aliphatic rings. The average Bonchev–Trinajstić information content (AvgIpc) is 3.07. The first-order valence-corrected chi connectivity index (χ1v) is 9.55. The van der Waals surface area contributed by atoms with Crippen LogP contribution in [0.5, 0.6) is 0 Å². The molecule has 2 aromatic carbocycles. The van der Waals surface area contributed by atoms with Crippen molar-refractivity contribution >= 4 is 10.0 Å². The maximum absolute atomic E-state index is 12.7. The number of aromatic nitrogens is 4. The summed E-state index contributed by atoms with van der Waals surface area (Å²) in [6.07, 6.45) is -4.13. The zero-order valence-electron chi connectivity index (χ0n) is 14.9. The van der Waals surface area contributed by atoms with Crippen molar-refractivity contribution in [2.24, 2.45) is 7.05 Å². The Hall–Kier alpha value is -2.79. The predicted molar refractivity (Wildman–Crippen MR) is 94.7 cm³/mol. The van der Waals surface area contributed by atoms with Gasteiger partial charge in [-0.15, -0.1) is 5.10 Å². The number of aryl methyl sites for hydroxylation is 1. The zero-order valence-corrected chi connectivity index (χ0v) is 15.7. The highest BCUT2D eigenvalue weighted by molar-refractivity contribution is 7.89. The molecule has 0 saturated carbocycles. The van der Waals surface area contributed by atoms with Crippen LogP contribution in [0, 0.1) is 0 Å². The van der Waals surface area contributed by atoms with E-state index in [0.29, 0.717) is 22.5 Å². The molecule has 0 aliphatic carbocycles. The van der Waals surface area contributed by atoms with Gasteiger partial charge in [0.25, 0.3) is 0 Å². The maximum Gasteiger partial charge on any atom is 0.416 e. The lowest BCUT2D eigenvalue weighted by atomic mass is 9.98. The molecule has 0 atom stereocenters. The number of sulfonamides is 1.